The quantitative estimate of drug-likeness (QED) is 0.459. The Kier molecular flexibility index (Phi) is 2.18. The topological polar surface area (TPSA) is 98.6 Å². The third-order valence-electron chi connectivity index (χ3n) is 2.25. The second-order valence-electron chi connectivity index (χ2n) is 3.31. The molecule has 0 radical (unpaired) electrons. The van der Waals surface area contributed by atoms with Gasteiger partial charge in [0.25, 0.3) is 0 Å². The smallest absolute Gasteiger partial charge is 0.217 e. The van der Waals surface area contributed by atoms with Crippen LogP contribution in [0.4, 0.5) is 0 Å². The molecule has 0 fully saturated rings. The summed E-state index contributed by atoms with van der Waals surface area (Å²) >= 11 is 0. The summed E-state index contributed by atoms with van der Waals surface area (Å²) in [6.07, 6.45) is -3.06. The predicted molar refractivity (Wildman–Crippen MR) is 45.8 cm³/mol. The molecule has 0 bridgehead atoms. The van der Waals surface area contributed by atoms with E-state index in [9.17, 15) is 10.2 Å². The van der Waals surface area contributed by atoms with Crippen LogP contribution in [-0.4, -0.2) is 44.1 Å². The van der Waals surface area contributed by atoms with Gasteiger partial charge in [-0.05, 0) is 6.92 Å². The summed E-state index contributed by atoms with van der Waals surface area (Å²) in [6, 6.07) is 0. The van der Waals surface area contributed by atoms with E-state index >= 15 is 0 Å². The summed E-state index contributed by atoms with van der Waals surface area (Å²) in [7, 11) is 0. The van der Waals surface area contributed by atoms with Gasteiger partial charge in [-0.25, -0.2) is 4.98 Å². The van der Waals surface area contributed by atoms with Gasteiger partial charge in [-0.2, -0.15) is 0 Å². The van der Waals surface area contributed by atoms with Gasteiger partial charge in [-0.3, -0.25) is 0 Å². The fourth-order valence-corrected chi connectivity index (χ4v) is 1.51. The van der Waals surface area contributed by atoms with Crippen molar-refractivity contribution in [2.24, 2.45) is 0 Å². The van der Waals surface area contributed by atoms with Crippen LogP contribution < -0.4 is 4.74 Å². The number of ether oxygens (including phenoxy) is 1. The van der Waals surface area contributed by atoms with E-state index in [2.05, 4.69) is 9.97 Å². The van der Waals surface area contributed by atoms with E-state index in [-0.39, 0.29) is 6.61 Å². The van der Waals surface area contributed by atoms with Crippen LogP contribution in [0.25, 0.3) is 0 Å². The van der Waals surface area contributed by atoms with Crippen LogP contribution in [0.3, 0.4) is 0 Å². The summed E-state index contributed by atoms with van der Waals surface area (Å²) in [4.78, 5) is 6.78. The monoisotopic (exact) mass is 200 g/mol. The van der Waals surface area contributed by atoms with E-state index in [4.69, 9.17) is 9.84 Å². The van der Waals surface area contributed by atoms with E-state index in [1.54, 1.807) is 6.92 Å². The number of aliphatic hydroxyl groups is 3. The van der Waals surface area contributed by atoms with Gasteiger partial charge >= 0.3 is 0 Å². The first-order valence-electron chi connectivity index (χ1n) is 4.33. The van der Waals surface area contributed by atoms with E-state index < -0.39 is 18.3 Å². The lowest BCUT2D eigenvalue weighted by atomic mass is 10.0. The summed E-state index contributed by atoms with van der Waals surface area (Å²) in [6.45, 7) is 1.37. The van der Waals surface area contributed by atoms with Gasteiger partial charge in [0, 0.05) is 0 Å². The zero-order valence-electron chi connectivity index (χ0n) is 7.64. The summed E-state index contributed by atoms with van der Waals surface area (Å²) < 4.78 is 5.21. The number of aromatic amines is 1. The second kappa shape index (κ2) is 3.23. The number of H-pyrrole nitrogens is 1. The Balaban J connectivity index is 2.36. The zero-order chi connectivity index (χ0) is 10.3. The molecule has 2 heterocycles. The van der Waals surface area contributed by atoms with Crippen LogP contribution in [0, 0.1) is 6.92 Å². The van der Waals surface area contributed by atoms with E-state index in [1.807, 2.05) is 0 Å². The number of rotatable bonds is 1. The SMILES string of the molecule is Cc1nc2c([nH]1)O[C@H](CO)[C@H](O)[C@@H]2O. The molecule has 0 saturated heterocycles. The van der Waals surface area contributed by atoms with Gasteiger partial charge in [0.15, 0.2) is 6.10 Å². The molecule has 14 heavy (non-hydrogen) atoms. The maximum Gasteiger partial charge on any atom is 0.217 e. The van der Waals surface area contributed by atoms with Crippen molar-refractivity contribution >= 4 is 0 Å². The first-order chi connectivity index (χ1) is 6.63. The number of nitrogens with one attached hydrogen (secondary N) is 1. The first-order valence-corrected chi connectivity index (χ1v) is 4.33. The number of hydrogen-bond acceptors (Lipinski definition) is 5. The molecule has 0 aliphatic carbocycles. The molecule has 0 aromatic carbocycles. The molecule has 2 rings (SSSR count). The van der Waals surface area contributed by atoms with Gasteiger partial charge in [-0.15, -0.1) is 0 Å². The van der Waals surface area contributed by atoms with Crippen molar-refractivity contribution < 1.29 is 20.1 Å². The molecule has 6 nitrogen and oxygen atoms in total. The molecule has 78 valence electrons. The highest BCUT2D eigenvalue weighted by Gasteiger charge is 2.38. The maximum absolute atomic E-state index is 9.62. The summed E-state index contributed by atoms with van der Waals surface area (Å²) in [5, 5.41) is 28.0. The lowest BCUT2D eigenvalue weighted by Gasteiger charge is -2.29. The normalized spacial score (nSPS) is 31.0. The van der Waals surface area contributed by atoms with Gasteiger partial charge in [0.05, 0.1) is 6.61 Å². The minimum absolute atomic E-state index is 0.291. The molecule has 0 amide bonds. The van der Waals surface area contributed by atoms with Crippen molar-refractivity contribution in [2.45, 2.75) is 25.2 Å². The van der Waals surface area contributed by atoms with E-state index in [0.29, 0.717) is 17.4 Å². The fraction of sp³-hybridized carbons (Fsp3) is 0.625. The Hall–Kier alpha value is -1.11. The van der Waals surface area contributed by atoms with Crippen molar-refractivity contribution in [2.75, 3.05) is 6.61 Å². The fourth-order valence-electron chi connectivity index (χ4n) is 1.51. The lowest BCUT2D eigenvalue weighted by molar-refractivity contribution is -0.0866. The highest BCUT2D eigenvalue weighted by Crippen LogP contribution is 2.32. The number of nitrogens with zero attached hydrogens (tertiary/aromatic N) is 1. The third-order valence-corrected chi connectivity index (χ3v) is 2.25. The van der Waals surface area contributed by atoms with Crippen LogP contribution in [0.1, 0.15) is 17.6 Å². The van der Waals surface area contributed by atoms with Crippen LogP contribution in [0.15, 0.2) is 0 Å². The van der Waals surface area contributed by atoms with Gasteiger partial charge in [0.2, 0.25) is 5.88 Å². The Morgan fingerprint density at radius 3 is 2.86 bits per heavy atom. The van der Waals surface area contributed by atoms with Crippen LogP contribution in [0.5, 0.6) is 5.88 Å². The average molecular weight is 200 g/mol. The Morgan fingerprint density at radius 1 is 1.50 bits per heavy atom. The molecule has 6 heteroatoms. The highest BCUT2D eigenvalue weighted by atomic mass is 16.5. The van der Waals surface area contributed by atoms with Crippen molar-refractivity contribution in [3.8, 4) is 5.88 Å². The van der Waals surface area contributed by atoms with E-state index in [1.165, 1.54) is 0 Å². The number of aliphatic hydroxyl groups excluding tert-OH is 3. The molecule has 1 aromatic heterocycles. The number of aromatic nitrogens is 2. The van der Waals surface area contributed by atoms with Crippen molar-refractivity contribution in [1.82, 2.24) is 9.97 Å². The molecular weight excluding hydrogens is 188 g/mol. The predicted octanol–water partition coefficient (Wildman–Crippen LogP) is -1.13. The highest BCUT2D eigenvalue weighted by molar-refractivity contribution is 5.27. The molecule has 0 saturated carbocycles. The maximum atomic E-state index is 9.62. The second-order valence-corrected chi connectivity index (χ2v) is 3.31. The molecule has 3 atom stereocenters. The van der Waals surface area contributed by atoms with Gasteiger partial charge in [0.1, 0.15) is 23.7 Å². The standard InChI is InChI=1S/C8H12N2O4/c1-3-9-5-7(13)6(12)4(2-11)14-8(5)10-3/h4,6-7,11-13H,2H2,1H3,(H,9,10)/t4-,6+,7-/m1/s1. The number of hydrogen-bond donors (Lipinski definition) is 4. The van der Waals surface area contributed by atoms with Crippen molar-refractivity contribution in [3.63, 3.8) is 0 Å². The molecule has 1 aromatic rings. The Morgan fingerprint density at radius 2 is 2.21 bits per heavy atom. The molecule has 1 aliphatic heterocycles. The van der Waals surface area contributed by atoms with Crippen LogP contribution in [-0.2, 0) is 0 Å². The largest absolute Gasteiger partial charge is 0.469 e. The average Bonchev–Trinajstić information content (AvgIpc) is 2.52. The van der Waals surface area contributed by atoms with Gasteiger partial charge in [-0.1, -0.05) is 0 Å². The van der Waals surface area contributed by atoms with Crippen molar-refractivity contribution in [3.05, 3.63) is 11.5 Å². The lowest BCUT2D eigenvalue weighted by Crippen LogP contribution is -2.43. The summed E-state index contributed by atoms with van der Waals surface area (Å²) in [5.74, 6) is 0.916. The number of imidazole rings is 1. The van der Waals surface area contributed by atoms with Crippen LogP contribution >= 0.6 is 0 Å². The molecule has 0 spiro atoms. The Bertz CT molecular complexity index is 338. The first kappa shape index (κ1) is 9.45. The molecular formula is C8H12N2O4. The third kappa shape index (κ3) is 1.28. The molecule has 1 aliphatic rings. The minimum Gasteiger partial charge on any atom is -0.469 e. The minimum atomic E-state index is -1.14. The molecule has 4 N–H and O–H groups in total. The van der Waals surface area contributed by atoms with Gasteiger partial charge < -0.3 is 25.0 Å². The summed E-state index contributed by atoms with van der Waals surface area (Å²) in [5.41, 5.74) is 0.291. The molecule has 0 unspecified atom stereocenters. The van der Waals surface area contributed by atoms with Crippen molar-refractivity contribution in [1.29, 1.82) is 0 Å². The number of aryl methyl sites for hydroxylation is 1. The zero-order valence-corrected chi connectivity index (χ0v) is 7.64. The number of fused-ring (bicyclic) bond motifs is 1. The van der Waals surface area contributed by atoms with E-state index in [0.717, 1.165) is 0 Å². The van der Waals surface area contributed by atoms with Crippen LogP contribution in [0.2, 0.25) is 0 Å². The Labute approximate surface area is 80.2 Å².